The Balaban J connectivity index is 1.97. The van der Waals surface area contributed by atoms with E-state index in [0.717, 1.165) is 18.6 Å². The SMILES string of the molecule is CCC[C@H](C(N)=O)[C@@H](CC(C)C)C(=O)N1CCC(NCc2cc(F)cc(C(F)(F)F)c2)CC1. The second-order valence-electron chi connectivity index (χ2n) is 9.36. The maximum atomic E-state index is 13.6. The highest BCUT2D eigenvalue weighted by Crippen LogP contribution is 2.31. The Labute approximate surface area is 193 Å². The molecule has 0 aromatic heterocycles. The van der Waals surface area contributed by atoms with Crippen LogP contribution in [0, 0.1) is 23.6 Å². The van der Waals surface area contributed by atoms with Crippen molar-refractivity contribution in [3.05, 3.63) is 35.1 Å². The maximum Gasteiger partial charge on any atom is 0.416 e. The number of rotatable bonds is 10. The van der Waals surface area contributed by atoms with Crippen LogP contribution in [0.5, 0.6) is 0 Å². The van der Waals surface area contributed by atoms with E-state index in [-0.39, 0.29) is 30.0 Å². The van der Waals surface area contributed by atoms with Crippen LogP contribution in [0.25, 0.3) is 0 Å². The van der Waals surface area contributed by atoms with Crippen molar-refractivity contribution in [1.82, 2.24) is 10.2 Å². The monoisotopic (exact) mass is 473 g/mol. The van der Waals surface area contributed by atoms with E-state index in [0.29, 0.717) is 44.8 Å². The fourth-order valence-electron chi connectivity index (χ4n) is 4.51. The molecule has 0 saturated carbocycles. The molecule has 9 heteroatoms. The number of nitrogens with zero attached hydrogens (tertiary/aromatic N) is 1. The van der Waals surface area contributed by atoms with Gasteiger partial charge in [0.2, 0.25) is 11.8 Å². The van der Waals surface area contributed by atoms with Crippen LogP contribution in [-0.4, -0.2) is 35.8 Å². The van der Waals surface area contributed by atoms with Gasteiger partial charge in [-0.1, -0.05) is 27.2 Å². The first-order chi connectivity index (χ1) is 15.4. The highest BCUT2D eigenvalue weighted by atomic mass is 19.4. The number of alkyl halides is 3. The second kappa shape index (κ2) is 11.8. The summed E-state index contributed by atoms with van der Waals surface area (Å²) < 4.78 is 52.3. The fourth-order valence-corrected chi connectivity index (χ4v) is 4.51. The Morgan fingerprint density at radius 1 is 1.15 bits per heavy atom. The minimum atomic E-state index is -4.60. The van der Waals surface area contributed by atoms with Crippen LogP contribution >= 0.6 is 0 Å². The number of piperidine rings is 1. The molecule has 1 fully saturated rings. The first kappa shape index (κ1) is 27.1. The fraction of sp³-hybridized carbons (Fsp3) is 0.667. The van der Waals surface area contributed by atoms with Crippen molar-refractivity contribution in [1.29, 1.82) is 0 Å². The Kier molecular flexibility index (Phi) is 9.70. The summed E-state index contributed by atoms with van der Waals surface area (Å²) in [7, 11) is 0. The van der Waals surface area contributed by atoms with Gasteiger partial charge in [-0.25, -0.2) is 4.39 Å². The molecule has 0 spiro atoms. The highest BCUT2D eigenvalue weighted by molar-refractivity contribution is 5.87. The van der Waals surface area contributed by atoms with Crippen LogP contribution < -0.4 is 11.1 Å². The molecule has 0 bridgehead atoms. The van der Waals surface area contributed by atoms with Gasteiger partial charge in [0.05, 0.1) is 5.56 Å². The number of carbonyl (C=O) groups is 2. The lowest BCUT2D eigenvalue weighted by atomic mass is 9.81. The molecule has 1 aliphatic rings. The van der Waals surface area contributed by atoms with Crippen LogP contribution in [0.15, 0.2) is 18.2 Å². The van der Waals surface area contributed by atoms with E-state index in [4.69, 9.17) is 5.73 Å². The zero-order chi connectivity index (χ0) is 24.8. The van der Waals surface area contributed by atoms with Gasteiger partial charge in [-0.15, -0.1) is 0 Å². The largest absolute Gasteiger partial charge is 0.416 e. The van der Waals surface area contributed by atoms with Crippen molar-refractivity contribution in [2.75, 3.05) is 13.1 Å². The summed E-state index contributed by atoms with van der Waals surface area (Å²) in [6.07, 6.45) is -1.43. The molecule has 0 radical (unpaired) electrons. The zero-order valence-corrected chi connectivity index (χ0v) is 19.6. The van der Waals surface area contributed by atoms with Gasteiger partial charge >= 0.3 is 6.18 Å². The molecule has 2 rings (SSSR count). The van der Waals surface area contributed by atoms with E-state index in [2.05, 4.69) is 5.32 Å². The number of nitrogens with one attached hydrogen (secondary N) is 1. The van der Waals surface area contributed by atoms with E-state index < -0.39 is 35.3 Å². The molecule has 1 saturated heterocycles. The third-order valence-electron chi connectivity index (χ3n) is 6.18. The molecule has 1 aromatic carbocycles. The summed E-state index contributed by atoms with van der Waals surface area (Å²) in [4.78, 5) is 27.0. The molecule has 186 valence electrons. The van der Waals surface area contributed by atoms with Crippen LogP contribution in [0.3, 0.4) is 0 Å². The van der Waals surface area contributed by atoms with Crippen molar-refractivity contribution in [3.63, 3.8) is 0 Å². The molecule has 0 unspecified atom stereocenters. The quantitative estimate of drug-likeness (QED) is 0.492. The minimum Gasteiger partial charge on any atom is -0.369 e. The third kappa shape index (κ3) is 7.98. The lowest BCUT2D eigenvalue weighted by Gasteiger charge is -2.36. The Bertz CT molecular complexity index is 805. The van der Waals surface area contributed by atoms with E-state index in [9.17, 15) is 27.2 Å². The Hall–Kier alpha value is -2.16. The minimum absolute atomic E-state index is 0.00205. The van der Waals surface area contributed by atoms with E-state index in [1.807, 2.05) is 20.8 Å². The smallest absolute Gasteiger partial charge is 0.369 e. The summed E-state index contributed by atoms with van der Waals surface area (Å²) in [6.45, 7) is 7.06. The molecule has 2 amide bonds. The maximum absolute atomic E-state index is 13.6. The molecule has 3 N–H and O–H groups in total. The van der Waals surface area contributed by atoms with E-state index >= 15 is 0 Å². The normalized spacial score (nSPS) is 17.3. The number of likely N-dealkylation sites (tertiary alicyclic amines) is 1. The first-order valence-corrected chi connectivity index (χ1v) is 11.6. The molecule has 1 aliphatic heterocycles. The number of hydrogen-bond donors (Lipinski definition) is 2. The van der Waals surface area contributed by atoms with Gasteiger partial charge in [-0.3, -0.25) is 9.59 Å². The number of halogens is 4. The molecule has 2 atom stereocenters. The lowest BCUT2D eigenvalue weighted by Crippen LogP contribution is -2.49. The highest BCUT2D eigenvalue weighted by Gasteiger charge is 2.36. The standard InChI is InChI=1S/C24H35F4N3O2/c1-4-5-20(22(29)32)21(10-15(2)3)23(33)31-8-6-19(7-9-31)30-14-16-11-17(24(26,27)28)13-18(25)12-16/h11-13,15,19-21,30H,4-10,14H2,1-3H3,(H2,29,32)/t20-,21+/m0/s1. The number of carbonyl (C=O) groups excluding carboxylic acids is 2. The molecule has 1 heterocycles. The molecule has 1 aromatic rings. The van der Waals surface area contributed by atoms with Crippen molar-refractivity contribution in [3.8, 4) is 0 Å². The van der Waals surface area contributed by atoms with Gasteiger partial charge in [0.25, 0.3) is 0 Å². The molecular weight excluding hydrogens is 438 g/mol. The first-order valence-electron chi connectivity index (χ1n) is 11.6. The van der Waals surface area contributed by atoms with Gasteiger partial charge in [0.15, 0.2) is 0 Å². The van der Waals surface area contributed by atoms with E-state index in [1.165, 1.54) is 0 Å². The average Bonchev–Trinajstić information content (AvgIpc) is 2.73. The van der Waals surface area contributed by atoms with Gasteiger partial charge in [0, 0.05) is 37.5 Å². The topological polar surface area (TPSA) is 75.4 Å². The van der Waals surface area contributed by atoms with Crippen molar-refractivity contribution in [2.24, 2.45) is 23.5 Å². The Morgan fingerprint density at radius 2 is 1.79 bits per heavy atom. The lowest BCUT2D eigenvalue weighted by molar-refractivity contribution is -0.143. The number of primary amides is 1. The Morgan fingerprint density at radius 3 is 2.30 bits per heavy atom. The summed E-state index contributed by atoms with van der Waals surface area (Å²) in [5, 5.41) is 3.18. The summed E-state index contributed by atoms with van der Waals surface area (Å²) in [5.74, 6) is -2.12. The van der Waals surface area contributed by atoms with Crippen molar-refractivity contribution >= 4 is 11.8 Å². The number of nitrogens with two attached hydrogens (primary N) is 1. The van der Waals surface area contributed by atoms with Crippen LogP contribution in [0.4, 0.5) is 17.6 Å². The number of hydrogen-bond acceptors (Lipinski definition) is 3. The van der Waals surface area contributed by atoms with Crippen LogP contribution in [-0.2, 0) is 22.3 Å². The molecule has 33 heavy (non-hydrogen) atoms. The zero-order valence-electron chi connectivity index (χ0n) is 19.6. The van der Waals surface area contributed by atoms with Gasteiger partial charge in [-0.2, -0.15) is 13.2 Å². The van der Waals surface area contributed by atoms with Crippen molar-refractivity contribution in [2.45, 2.75) is 71.6 Å². The van der Waals surface area contributed by atoms with E-state index in [1.54, 1.807) is 4.90 Å². The second-order valence-corrected chi connectivity index (χ2v) is 9.36. The number of benzene rings is 1. The van der Waals surface area contributed by atoms with Crippen LogP contribution in [0.2, 0.25) is 0 Å². The summed E-state index contributed by atoms with van der Waals surface area (Å²) in [5.41, 5.74) is 4.83. The average molecular weight is 474 g/mol. The van der Waals surface area contributed by atoms with Gasteiger partial charge in [-0.05, 0) is 55.4 Å². The predicted molar refractivity (Wildman–Crippen MR) is 118 cm³/mol. The number of amides is 2. The predicted octanol–water partition coefficient (Wildman–Crippen LogP) is 4.49. The van der Waals surface area contributed by atoms with Crippen molar-refractivity contribution < 1.29 is 27.2 Å². The van der Waals surface area contributed by atoms with Gasteiger partial charge in [0.1, 0.15) is 5.82 Å². The molecule has 0 aliphatic carbocycles. The molecule has 5 nitrogen and oxygen atoms in total. The third-order valence-corrected chi connectivity index (χ3v) is 6.18. The molecular formula is C24H35F4N3O2. The summed E-state index contributed by atoms with van der Waals surface area (Å²) >= 11 is 0. The van der Waals surface area contributed by atoms with Crippen LogP contribution in [0.1, 0.15) is 64.0 Å². The summed E-state index contributed by atoms with van der Waals surface area (Å²) in [6, 6.07) is 2.52. The van der Waals surface area contributed by atoms with Gasteiger partial charge < -0.3 is 16.0 Å².